The van der Waals surface area contributed by atoms with Crippen molar-refractivity contribution >= 4 is 17.3 Å². The first-order chi connectivity index (χ1) is 15.0. The Morgan fingerprint density at radius 1 is 1.12 bits per heavy atom. The molecule has 2 aromatic carbocycles. The van der Waals surface area contributed by atoms with Crippen LogP contribution < -0.4 is 20.9 Å². The molecular weight excluding hydrogens is 425 g/mol. The quantitative estimate of drug-likeness (QED) is 0.584. The molecule has 2 N–H and O–H groups in total. The van der Waals surface area contributed by atoms with Gasteiger partial charge in [0.25, 0.3) is 11.5 Å². The molecule has 32 heavy (non-hydrogen) atoms. The Morgan fingerprint density at radius 2 is 1.84 bits per heavy atom. The number of carbonyl (C=O) groups is 1. The predicted octanol–water partition coefficient (Wildman–Crippen LogP) is 4.47. The Kier molecular flexibility index (Phi) is 6.52. The summed E-state index contributed by atoms with van der Waals surface area (Å²) in [5.74, 6) is -0.459. The largest absolute Gasteiger partial charge is 0.453 e. The standard InChI is InChI=1S/C22H21F3N4O3/c1-13(2)27-20(30)14-6-4-8-16(10-14)28-19-18(12-26-29(3)21(19)31)32-17-9-5-7-15(11-17)22(23,24)25/h4-13,28H,1-3H3,(H,27,30). The maximum absolute atomic E-state index is 13.0. The lowest BCUT2D eigenvalue weighted by Crippen LogP contribution is -2.30. The molecule has 168 valence electrons. The maximum atomic E-state index is 13.0. The van der Waals surface area contributed by atoms with E-state index in [0.717, 1.165) is 16.8 Å². The third-order valence-electron chi connectivity index (χ3n) is 4.31. The van der Waals surface area contributed by atoms with Gasteiger partial charge in [-0.25, -0.2) is 4.68 Å². The van der Waals surface area contributed by atoms with Crippen molar-refractivity contribution in [1.29, 1.82) is 0 Å². The zero-order chi connectivity index (χ0) is 23.5. The number of rotatable bonds is 6. The second-order valence-corrected chi connectivity index (χ2v) is 7.27. The summed E-state index contributed by atoms with van der Waals surface area (Å²) in [6.45, 7) is 3.66. The highest BCUT2D eigenvalue weighted by Crippen LogP contribution is 2.34. The number of ether oxygens (including phenoxy) is 1. The smallest absolute Gasteiger partial charge is 0.416 e. The highest BCUT2D eigenvalue weighted by molar-refractivity contribution is 5.95. The minimum atomic E-state index is -4.54. The molecule has 0 radical (unpaired) electrons. The van der Waals surface area contributed by atoms with Gasteiger partial charge in [-0.15, -0.1) is 0 Å². The van der Waals surface area contributed by atoms with Crippen molar-refractivity contribution in [1.82, 2.24) is 15.1 Å². The van der Waals surface area contributed by atoms with Crippen molar-refractivity contribution in [3.63, 3.8) is 0 Å². The van der Waals surface area contributed by atoms with Crippen LogP contribution in [0, 0.1) is 0 Å². The van der Waals surface area contributed by atoms with Crippen LogP contribution in [0.15, 0.2) is 59.5 Å². The summed E-state index contributed by atoms with van der Waals surface area (Å²) in [5.41, 5.74) is -0.702. The van der Waals surface area contributed by atoms with E-state index in [4.69, 9.17) is 4.74 Å². The van der Waals surface area contributed by atoms with Gasteiger partial charge in [-0.3, -0.25) is 9.59 Å². The van der Waals surface area contributed by atoms with E-state index >= 15 is 0 Å². The lowest BCUT2D eigenvalue weighted by Gasteiger charge is -2.15. The van der Waals surface area contributed by atoms with Crippen LogP contribution in [0.1, 0.15) is 29.8 Å². The number of halogens is 3. The number of aryl methyl sites for hydroxylation is 1. The summed E-state index contributed by atoms with van der Waals surface area (Å²) in [6, 6.07) is 10.7. The van der Waals surface area contributed by atoms with Crippen LogP contribution in [0.25, 0.3) is 0 Å². The zero-order valence-electron chi connectivity index (χ0n) is 17.5. The Morgan fingerprint density at radius 3 is 2.53 bits per heavy atom. The van der Waals surface area contributed by atoms with Crippen LogP contribution >= 0.6 is 0 Å². The van der Waals surface area contributed by atoms with Gasteiger partial charge in [0.05, 0.1) is 11.8 Å². The number of hydrogen-bond acceptors (Lipinski definition) is 5. The molecule has 3 rings (SSSR count). The lowest BCUT2D eigenvalue weighted by molar-refractivity contribution is -0.137. The second kappa shape index (κ2) is 9.13. The van der Waals surface area contributed by atoms with Crippen molar-refractivity contribution in [3.05, 3.63) is 76.2 Å². The van der Waals surface area contributed by atoms with Gasteiger partial charge in [0, 0.05) is 24.3 Å². The second-order valence-electron chi connectivity index (χ2n) is 7.27. The van der Waals surface area contributed by atoms with Gasteiger partial charge in [0.15, 0.2) is 11.4 Å². The van der Waals surface area contributed by atoms with Crippen LogP contribution in [0.5, 0.6) is 11.5 Å². The summed E-state index contributed by atoms with van der Waals surface area (Å²) >= 11 is 0. The van der Waals surface area contributed by atoms with E-state index in [9.17, 15) is 22.8 Å². The minimum absolute atomic E-state index is 0.0404. The van der Waals surface area contributed by atoms with E-state index in [-0.39, 0.29) is 29.1 Å². The maximum Gasteiger partial charge on any atom is 0.416 e. The highest BCUT2D eigenvalue weighted by atomic mass is 19.4. The van der Waals surface area contributed by atoms with Gasteiger partial charge >= 0.3 is 6.18 Å². The molecule has 0 aliphatic carbocycles. The van der Waals surface area contributed by atoms with Gasteiger partial charge in [0.1, 0.15) is 5.75 Å². The zero-order valence-corrected chi connectivity index (χ0v) is 17.5. The normalized spacial score (nSPS) is 11.3. The van der Waals surface area contributed by atoms with E-state index in [1.807, 2.05) is 13.8 Å². The summed E-state index contributed by atoms with van der Waals surface area (Å²) < 4.78 is 45.6. The number of benzene rings is 2. The first kappa shape index (κ1) is 22.9. The van der Waals surface area contributed by atoms with Crippen LogP contribution in [-0.2, 0) is 13.2 Å². The molecule has 0 fully saturated rings. The topological polar surface area (TPSA) is 85.2 Å². The number of nitrogens with one attached hydrogen (secondary N) is 2. The summed E-state index contributed by atoms with van der Waals surface area (Å²) in [4.78, 5) is 24.9. The van der Waals surface area contributed by atoms with Crippen molar-refractivity contribution < 1.29 is 22.7 Å². The lowest BCUT2D eigenvalue weighted by atomic mass is 10.1. The molecule has 0 aliphatic rings. The SMILES string of the molecule is CC(C)NC(=O)c1cccc(Nc2c(Oc3cccc(C(F)(F)F)c3)cnn(C)c2=O)c1. The van der Waals surface area contributed by atoms with Crippen LogP contribution in [0.2, 0.25) is 0 Å². The van der Waals surface area contributed by atoms with E-state index in [1.54, 1.807) is 24.3 Å². The molecule has 0 saturated carbocycles. The molecule has 0 saturated heterocycles. The molecule has 3 aromatic rings. The van der Waals surface area contributed by atoms with Crippen LogP contribution in [0.4, 0.5) is 24.5 Å². The van der Waals surface area contributed by atoms with E-state index < -0.39 is 17.3 Å². The Labute approximate surface area is 181 Å². The first-order valence-electron chi connectivity index (χ1n) is 9.64. The van der Waals surface area contributed by atoms with Crippen molar-refractivity contribution in [2.45, 2.75) is 26.1 Å². The molecule has 1 aromatic heterocycles. The van der Waals surface area contributed by atoms with Crippen LogP contribution in [-0.4, -0.2) is 21.7 Å². The molecular formula is C22H21F3N4O3. The fraction of sp³-hybridized carbons (Fsp3) is 0.227. The number of amides is 1. The van der Waals surface area contributed by atoms with Crippen molar-refractivity contribution in [2.75, 3.05) is 5.32 Å². The average molecular weight is 446 g/mol. The highest BCUT2D eigenvalue weighted by Gasteiger charge is 2.30. The molecule has 0 bridgehead atoms. The number of anilines is 2. The summed E-state index contributed by atoms with van der Waals surface area (Å²) in [7, 11) is 1.42. The van der Waals surface area contributed by atoms with Gasteiger partial charge < -0.3 is 15.4 Å². The number of aromatic nitrogens is 2. The number of carbonyl (C=O) groups excluding carboxylic acids is 1. The van der Waals surface area contributed by atoms with Gasteiger partial charge in [-0.2, -0.15) is 18.3 Å². The van der Waals surface area contributed by atoms with E-state index in [0.29, 0.717) is 11.3 Å². The Bertz CT molecular complexity index is 1190. The summed E-state index contributed by atoms with van der Waals surface area (Å²) in [5, 5.41) is 9.55. The molecule has 10 heteroatoms. The average Bonchev–Trinajstić information content (AvgIpc) is 2.73. The molecule has 7 nitrogen and oxygen atoms in total. The fourth-order valence-electron chi connectivity index (χ4n) is 2.81. The third-order valence-corrected chi connectivity index (χ3v) is 4.31. The monoisotopic (exact) mass is 446 g/mol. The molecule has 0 aliphatic heterocycles. The molecule has 0 unspecified atom stereocenters. The number of alkyl halides is 3. The third kappa shape index (κ3) is 5.45. The van der Waals surface area contributed by atoms with Gasteiger partial charge in [0.2, 0.25) is 0 Å². The Hall–Kier alpha value is -3.82. The molecule has 1 heterocycles. The molecule has 0 atom stereocenters. The predicted molar refractivity (Wildman–Crippen MR) is 113 cm³/mol. The molecule has 1 amide bonds. The van der Waals surface area contributed by atoms with Crippen molar-refractivity contribution in [2.24, 2.45) is 7.05 Å². The molecule has 0 spiro atoms. The van der Waals surface area contributed by atoms with E-state index in [2.05, 4.69) is 15.7 Å². The fourth-order valence-corrected chi connectivity index (χ4v) is 2.81. The van der Waals surface area contributed by atoms with Crippen molar-refractivity contribution in [3.8, 4) is 11.5 Å². The van der Waals surface area contributed by atoms with Crippen LogP contribution in [0.3, 0.4) is 0 Å². The minimum Gasteiger partial charge on any atom is -0.453 e. The first-order valence-corrected chi connectivity index (χ1v) is 9.64. The van der Waals surface area contributed by atoms with Gasteiger partial charge in [-0.05, 0) is 50.2 Å². The number of hydrogen-bond donors (Lipinski definition) is 2. The van der Waals surface area contributed by atoms with Gasteiger partial charge in [-0.1, -0.05) is 12.1 Å². The Balaban J connectivity index is 1.94. The number of nitrogens with zero attached hydrogens (tertiary/aromatic N) is 2. The summed E-state index contributed by atoms with van der Waals surface area (Å²) in [6.07, 6.45) is -3.32. The van der Waals surface area contributed by atoms with E-state index in [1.165, 1.54) is 25.4 Å².